The summed E-state index contributed by atoms with van der Waals surface area (Å²) in [5, 5.41) is 2.80. The van der Waals surface area contributed by atoms with Crippen LogP contribution in [0.15, 0.2) is 30.3 Å². The lowest BCUT2D eigenvalue weighted by Gasteiger charge is -2.18. The summed E-state index contributed by atoms with van der Waals surface area (Å²) in [6.45, 7) is 4.11. The molecule has 1 N–H and O–H groups in total. The van der Waals surface area contributed by atoms with Crippen molar-refractivity contribution in [2.75, 3.05) is 13.6 Å². The van der Waals surface area contributed by atoms with Gasteiger partial charge in [0.15, 0.2) is 0 Å². The number of carbonyl (C=O) groups is 2. The van der Waals surface area contributed by atoms with E-state index in [1.165, 1.54) is 4.90 Å². The molecule has 0 spiro atoms. The zero-order chi connectivity index (χ0) is 15.0. The second kappa shape index (κ2) is 8.19. The van der Waals surface area contributed by atoms with Crippen molar-refractivity contribution in [2.45, 2.75) is 32.9 Å². The number of amides is 2. The highest BCUT2D eigenvalue weighted by Gasteiger charge is 2.15. The average molecular weight is 278 g/mol. The molecule has 20 heavy (non-hydrogen) atoms. The van der Waals surface area contributed by atoms with Gasteiger partial charge in [-0.25, -0.2) is 4.79 Å². The second-order valence-corrected chi connectivity index (χ2v) is 4.77. The summed E-state index contributed by atoms with van der Waals surface area (Å²) < 4.78 is 5.13. The van der Waals surface area contributed by atoms with E-state index in [0.717, 1.165) is 12.0 Å². The van der Waals surface area contributed by atoms with E-state index in [0.29, 0.717) is 0 Å². The lowest BCUT2D eigenvalue weighted by atomic mass is 10.2. The fourth-order valence-electron chi connectivity index (χ4n) is 1.53. The molecule has 0 saturated carbocycles. The van der Waals surface area contributed by atoms with Crippen molar-refractivity contribution in [3.8, 4) is 0 Å². The van der Waals surface area contributed by atoms with E-state index in [4.69, 9.17) is 4.74 Å². The van der Waals surface area contributed by atoms with Gasteiger partial charge in [0.1, 0.15) is 13.2 Å². The van der Waals surface area contributed by atoms with Gasteiger partial charge in [-0.2, -0.15) is 0 Å². The SMILES string of the molecule is CC[C@H](C)NC(=O)CN(C)C(=O)OCc1ccccc1. The first-order valence-corrected chi connectivity index (χ1v) is 6.74. The second-order valence-electron chi connectivity index (χ2n) is 4.77. The quantitative estimate of drug-likeness (QED) is 0.867. The standard InChI is InChI=1S/C15H22N2O3/c1-4-12(2)16-14(18)10-17(3)15(19)20-11-13-8-6-5-7-9-13/h5-9,12H,4,10-11H2,1-3H3,(H,16,18)/t12-/m0/s1. The van der Waals surface area contributed by atoms with Gasteiger partial charge < -0.3 is 15.0 Å². The molecule has 0 aromatic heterocycles. The van der Waals surface area contributed by atoms with Crippen LogP contribution in [0.2, 0.25) is 0 Å². The van der Waals surface area contributed by atoms with Crippen molar-refractivity contribution < 1.29 is 14.3 Å². The molecule has 5 heteroatoms. The molecule has 1 aromatic rings. The van der Waals surface area contributed by atoms with Crippen LogP contribution in [0, 0.1) is 0 Å². The van der Waals surface area contributed by atoms with Gasteiger partial charge in [-0.15, -0.1) is 0 Å². The number of hydrogen-bond acceptors (Lipinski definition) is 3. The van der Waals surface area contributed by atoms with Crippen LogP contribution in [-0.4, -0.2) is 36.5 Å². The van der Waals surface area contributed by atoms with Gasteiger partial charge in [-0.05, 0) is 18.9 Å². The minimum Gasteiger partial charge on any atom is -0.445 e. The molecule has 0 aliphatic heterocycles. The Hall–Kier alpha value is -2.04. The zero-order valence-electron chi connectivity index (χ0n) is 12.3. The lowest BCUT2D eigenvalue weighted by Crippen LogP contribution is -2.41. The molecule has 5 nitrogen and oxygen atoms in total. The number of carbonyl (C=O) groups excluding carboxylic acids is 2. The van der Waals surface area contributed by atoms with Crippen LogP contribution < -0.4 is 5.32 Å². The number of hydrogen-bond donors (Lipinski definition) is 1. The number of nitrogens with one attached hydrogen (secondary N) is 1. The maximum atomic E-state index is 11.7. The van der Waals surface area contributed by atoms with E-state index in [1.54, 1.807) is 7.05 Å². The third-order valence-electron chi connectivity index (χ3n) is 2.92. The first-order valence-electron chi connectivity index (χ1n) is 6.74. The number of nitrogens with zero attached hydrogens (tertiary/aromatic N) is 1. The molecule has 0 fully saturated rings. The predicted molar refractivity (Wildman–Crippen MR) is 77.2 cm³/mol. The third kappa shape index (κ3) is 5.73. The molecular weight excluding hydrogens is 256 g/mol. The highest BCUT2D eigenvalue weighted by molar-refractivity contribution is 5.82. The van der Waals surface area contributed by atoms with Gasteiger partial charge in [0.2, 0.25) is 5.91 Å². The van der Waals surface area contributed by atoms with Crippen LogP contribution in [0.25, 0.3) is 0 Å². The minimum atomic E-state index is -0.506. The fourth-order valence-corrected chi connectivity index (χ4v) is 1.53. The van der Waals surface area contributed by atoms with Crippen molar-refractivity contribution in [3.05, 3.63) is 35.9 Å². The van der Waals surface area contributed by atoms with Crippen LogP contribution in [0.3, 0.4) is 0 Å². The van der Waals surface area contributed by atoms with Crippen molar-refractivity contribution in [1.29, 1.82) is 0 Å². The zero-order valence-corrected chi connectivity index (χ0v) is 12.3. The maximum absolute atomic E-state index is 11.7. The molecule has 110 valence electrons. The van der Waals surface area contributed by atoms with Crippen molar-refractivity contribution in [2.24, 2.45) is 0 Å². The number of rotatable bonds is 6. The number of ether oxygens (including phenoxy) is 1. The molecule has 2 amide bonds. The van der Waals surface area contributed by atoms with E-state index >= 15 is 0 Å². The molecule has 1 rings (SSSR count). The van der Waals surface area contributed by atoms with E-state index in [-0.39, 0.29) is 25.1 Å². The molecular formula is C15H22N2O3. The van der Waals surface area contributed by atoms with Crippen LogP contribution in [-0.2, 0) is 16.1 Å². The number of likely N-dealkylation sites (N-methyl/N-ethyl adjacent to an activating group) is 1. The summed E-state index contributed by atoms with van der Waals surface area (Å²) in [7, 11) is 1.55. The molecule has 1 aromatic carbocycles. The summed E-state index contributed by atoms with van der Waals surface area (Å²) in [4.78, 5) is 24.6. The third-order valence-corrected chi connectivity index (χ3v) is 2.92. The van der Waals surface area contributed by atoms with Gasteiger partial charge >= 0.3 is 6.09 Å². The summed E-state index contributed by atoms with van der Waals surface area (Å²) in [6, 6.07) is 9.53. The molecule has 0 radical (unpaired) electrons. The summed E-state index contributed by atoms with van der Waals surface area (Å²) >= 11 is 0. The van der Waals surface area contributed by atoms with E-state index in [1.807, 2.05) is 44.2 Å². The molecule has 0 bridgehead atoms. The topological polar surface area (TPSA) is 58.6 Å². The first-order chi connectivity index (χ1) is 9.52. The monoisotopic (exact) mass is 278 g/mol. The Morgan fingerprint density at radius 3 is 2.55 bits per heavy atom. The Labute approximate surface area is 119 Å². The summed E-state index contributed by atoms with van der Waals surface area (Å²) in [5.74, 6) is -0.182. The Morgan fingerprint density at radius 2 is 1.95 bits per heavy atom. The number of benzene rings is 1. The normalized spacial score (nSPS) is 11.6. The predicted octanol–water partition coefficient (Wildman–Crippen LogP) is 2.17. The van der Waals surface area contributed by atoms with E-state index < -0.39 is 6.09 Å². The van der Waals surface area contributed by atoms with Crippen LogP contribution >= 0.6 is 0 Å². The van der Waals surface area contributed by atoms with Crippen LogP contribution in [0.1, 0.15) is 25.8 Å². The van der Waals surface area contributed by atoms with Gasteiger partial charge in [0, 0.05) is 13.1 Å². The Balaban J connectivity index is 2.34. The van der Waals surface area contributed by atoms with Crippen molar-refractivity contribution in [1.82, 2.24) is 10.2 Å². The van der Waals surface area contributed by atoms with Gasteiger partial charge in [0.25, 0.3) is 0 Å². The van der Waals surface area contributed by atoms with E-state index in [9.17, 15) is 9.59 Å². The first kappa shape index (κ1) is 16.0. The molecule has 0 saturated heterocycles. The van der Waals surface area contributed by atoms with Crippen LogP contribution in [0.5, 0.6) is 0 Å². The molecule has 0 unspecified atom stereocenters. The Morgan fingerprint density at radius 1 is 1.30 bits per heavy atom. The maximum Gasteiger partial charge on any atom is 0.410 e. The highest BCUT2D eigenvalue weighted by atomic mass is 16.6. The molecule has 1 atom stereocenters. The largest absolute Gasteiger partial charge is 0.445 e. The van der Waals surface area contributed by atoms with Crippen LogP contribution in [0.4, 0.5) is 4.79 Å². The minimum absolute atomic E-state index is 0.00202. The highest BCUT2D eigenvalue weighted by Crippen LogP contribution is 2.02. The van der Waals surface area contributed by atoms with E-state index in [2.05, 4.69) is 5.32 Å². The fraction of sp³-hybridized carbons (Fsp3) is 0.467. The average Bonchev–Trinajstić information content (AvgIpc) is 2.45. The Bertz CT molecular complexity index is 434. The Kier molecular flexibility index (Phi) is 6.56. The molecule has 0 heterocycles. The van der Waals surface area contributed by atoms with Gasteiger partial charge in [0.05, 0.1) is 0 Å². The summed E-state index contributed by atoms with van der Waals surface area (Å²) in [6.07, 6.45) is 0.349. The van der Waals surface area contributed by atoms with Crippen molar-refractivity contribution >= 4 is 12.0 Å². The lowest BCUT2D eigenvalue weighted by molar-refractivity contribution is -0.122. The van der Waals surface area contributed by atoms with Gasteiger partial charge in [-0.3, -0.25) is 4.79 Å². The smallest absolute Gasteiger partial charge is 0.410 e. The summed E-state index contributed by atoms with van der Waals surface area (Å²) in [5.41, 5.74) is 0.915. The molecule has 0 aliphatic carbocycles. The van der Waals surface area contributed by atoms with Gasteiger partial charge in [-0.1, -0.05) is 37.3 Å². The van der Waals surface area contributed by atoms with Crippen molar-refractivity contribution in [3.63, 3.8) is 0 Å². The molecule has 0 aliphatic rings.